The van der Waals surface area contributed by atoms with Gasteiger partial charge in [0.2, 0.25) is 5.91 Å². The number of carbonyl (C=O) groups is 1. The fourth-order valence-electron chi connectivity index (χ4n) is 4.15. The molecule has 1 amide bonds. The average Bonchev–Trinajstić information content (AvgIpc) is 3.27. The monoisotopic (exact) mass is 361 g/mol. The van der Waals surface area contributed by atoms with Gasteiger partial charge in [-0.1, -0.05) is 55.8 Å². The summed E-state index contributed by atoms with van der Waals surface area (Å²) in [7, 11) is 0. The van der Waals surface area contributed by atoms with Gasteiger partial charge < -0.3 is 9.47 Å². The molecule has 2 atom stereocenters. The van der Waals surface area contributed by atoms with E-state index < -0.39 is 0 Å². The summed E-state index contributed by atoms with van der Waals surface area (Å²) < 4.78 is 2.34. The van der Waals surface area contributed by atoms with E-state index in [0.717, 1.165) is 42.8 Å². The van der Waals surface area contributed by atoms with Crippen molar-refractivity contribution in [3.63, 3.8) is 0 Å². The minimum Gasteiger partial charge on any atom is -0.342 e. The quantitative estimate of drug-likeness (QED) is 0.635. The molecule has 0 N–H and O–H groups in total. The summed E-state index contributed by atoms with van der Waals surface area (Å²) in [5.41, 5.74) is 3.41. The van der Waals surface area contributed by atoms with Crippen LogP contribution in [-0.4, -0.2) is 33.4 Å². The zero-order chi connectivity index (χ0) is 18.8. The Morgan fingerprint density at radius 2 is 1.85 bits per heavy atom. The van der Waals surface area contributed by atoms with Crippen molar-refractivity contribution >= 4 is 16.9 Å². The number of para-hydroxylation sites is 2. The molecule has 1 aromatic heterocycles. The highest BCUT2D eigenvalue weighted by Gasteiger charge is 2.34. The van der Waals surface area contributed by atoms with E-state index in [-0.39, 0.29) is 17.9 Å². The Morgan fingerprint density at radius 3 is 2.63 bits per heavy atom. The highest BCUT2D eigenvalue weighted by molar-refractivity contribution is 5.81. The van der Waals surface area contributed by atoms with E-state index in [2.05, 4.69) is 60.9 Å². The zero-order valence-electron chi connectivity index (χ0n) is 16.1. The molecule has 1 aliphatic heterocycles. The van der Waals surface area contributed by atoms with Crippen molar-refractivity contribution in [1.82, 2.24) is 14.5 Å². The molecule has 0 spiro atoms. The summed E-state index contributed by atoms with van der Waals surface area (Å²) in [6, 6.07) is 19.0. The number of nitrogens with zero attached hydrogens (tertiary/aromatic N) is 3. The van der Waals surface area contributed by atoms with Gasteiger partial charge in [-0.25, -0.2) is 4.98 Å². The van der Waals surface area contributed by atoms with Crippen LogP contribution in [0.1, 0.15) is 56.5 Å². The first-order valence-electron chi connectivity index (χ1n) is 9.98. The highest BCUT2D eigenvalue weighted by Crippen LogP contribution is 2.34. The number of carbonyl (C=O) groups excluding carboxylic acids is 1. The number of fused-ring (bicyclic) bond motifs is 1. The van der Waals surface area contributed by atoms with Gasteiger partial charge in [-0.15, -0.1) is 0 Å². The minimum atomic E-state index is 0.160. The highest BCUT2D eigenvalue weighted by atomic mass is 16.2. The molecule has 0 aliphatic carbocycles. The van der Waals surface area contributed by atoms with Crippen LogP contribution in [0.15, 0.2) is 54.6 Å². The predicted molar refractivity (Wildman–Crippen MR) is 109 cm³/mol. The normalized spacial score (nSPS) is 18.4. The lowest BCUT2D eigenvalue weighted by Gasteiger charge is -2.21. The number of imidazole rings is 1. The number of amides is 1. The molecule has 2 heterocycles. The number of rotatable bonds is 6. The Kier molecular flexibility index (Phi) is 4.97. The van der Waals surface area contributed by atoms with E-state index in [1.54, 1.807) is 0 Å². The minimum absolute atomic E-state index is 0.160. The molecule has 1 fully saturated rings. The molecule has 0 bridgehead atoms. The van der Waals surface area contributed by atoms with Gasteiger partial charge in [0.1, 0.15) is 5.82 Å². The summed E-state index contributed by atoms with van der Waals surface area (Å²) >= 11 is 0. The van der Waals surface area contributed by atoms with Crippen LogP contribution in [0.3, 0.4) is 0 Å². The van der Waals surface area contributed by atoms with Crippen molar-refractivity contribution < 1.29 is 4.79 Å². The van der Waals surface area contributed by atoms with Crippen LogP contribution >= 0.6 is 0 Å². The van der Waals surface area contributed by atoms with Crippen molar-refractivity contribution in [2.75, 3.05) is 13.1 Å². The Hall–Kier alpha value is -2.62. The van der Waals surface area contributed by atoms with Crippen LogP contribution in [-0.2, 0) is 4.79 Å². The molecule has 4 heteroatoms. The maximum absolute atomic E-state index is 12.5. The van der Waals surface area contributed by atoms with Crippen LogP contribution in [0.2, 0.25) is 0 Å². The molecular weight excluding hydrogens is 334 g/mol. The first-order valence-corrected chi connectivity index (χ1v) is 9.98. The summed E-state index contributed by atoms with van der Waals surface area (Å²) in [4.78, 5) is 19.5. The number of aromatic nitrogens is 2. The number of likely N-dealkylation sites (tertiary alicyclic amines) is 1. The molecule has 0 unspecified atom stereocenters. The summed E-state index contributed by atoms with van der Waals surface area (Å²) in [6.07, 6.45) is 2.74. The van der Waals surface area contributed by atoms with Gasteiger partial charge in [-0.2, -0.15) is 0 Å². The Labute approximate surface area is 160 Å². The Balaban J connectivity index is 1.74. The second-order valence-electron chi connectivity index (χ2n) is 7.51. The maximum atomic E-state index is 12.5. The second kappa shape index (κ2) is 7.55. The standard InChI is InChI=1S/C23H27N3O/c1-3-4-14-25-16-19(15-22(25)27)23-24-20-12-8-9-13-21(20)26(23)17(2)18-10-6-5-7-11-18/h5-13,17,19H,3-4,14-16H2,1-2H3/t17-,19+/m0/s1. The largest absolute Gasteiger partial charge is 0.342 e. The van der Waals surface area contributed by atoms with Crippen LogP contribution in [0, 0.1) is 0 Å². The molecule has 140 valence electrons. The van der Waals surface area contributed by atoms with Gasteiger partial charge in [0.15, 0.2) is 0 Å². The fourth-order valence-corrected chi connectivity index (χ4v) is 4.15. The first-order chi connectivity index (χ1) is 13.2. The molecule has 2 aromatic carbocycles. The van der Waals surface area contributed by atoms with Crippen LogP contribution in [0.5, 0.6) is 0 Å². The summed E-state index contributed by atoms with van der Waals surface area (Å²) in [5.74, 6) is 1.47. The van der Waals surface area contributed by atoms with Crippen molar-refractivity contribution in [3.05, 3.63) is 66.0 Å². The predicted octanol–water partition coefficient (Wildman–Crippen LogP) is 4.76. The van der Waals surface area contributed by atoms with E-state index in [4.69, 9.17) is 4.98 Å². The fraction of sp³-hybridized carbons (Fsp3) is 0.391. The van der Waals surface area contributed by atoms with Gasteiger partial charge in [0, 0.05) is 25.4 Å². The van der Waals surface area contributed by atoms with E-state index in [0.29, 0.717) is 6.42 Å². The van der Waals surface area contributed by atoms with E-state index >= 15 is 0 Å². The molecule has 1 saturated heterocycles. The summed E-state index contributed by atoms with van der Waals surface area (Å²) in [6.45, 7) is 6.03. The van der Waals surface area contributed by atoms with Crippen molar-refractivity contribution in [2.45, 2.75) is 45.1 Å². The Bertz CT molecular complexity index is 931. The van der Waals surface area contributed by atoms with E-state index in [1.807, 2.05) is 17.0 Å². The lowest BCUT2D eigenvalue weighted by Crippen LogP contribution is -2.26. The van der Waals surface area contributed by atoms with Crippen molar-refractivity contribution in [2.24, 2.45) is 0 Å². The topological polar surface area (TPSA) is 38.1 Å². The maximum Gasteiger partial charge on any atom is 0.223 e. The molecule has 1 aliphatic rings. The van der Waals surface area contributed by atoms with Gasteiger partial charge >= 0.3 is 0 Å². The third-order valence-electron chi connectivity index (χ3n) is 5.65. The third kappa shape index (κ3) is 3.36. The summed E-state index contributed by atoms with van der Waals surface area (Å²) in [5, 5.41) is 0. The molecule has 4 nitrogen and oxygen atoms in total. The molecule has 0 saturated carbocycles. The number of hydrogen-bond donors (Lipinski definition) is 0. The molecule has 0 radical (unpaired) electrons. The lowest BCUT2D eigenvalue weighted by molar-refractivity contribution is -0.127. The Morgan fingerprint density at radius 1 is 1.11 bits per heavy atom. The third-order valence-corrected chi connectivity index (χ3v) is 5.65. The second-order valence-corrected chi connectivity index (χ2v) is 7.51. The van der Waals surface area contributed by atoms with Crippen LogP contribution in [0.4, 0.5) is 0 Å². The zero-order valence-corrected chi connectivity index (χ0v) is 16.1. The van der Waals surface area contributed by atoms with Gasteiger partial charge in [-0.05, 0) is 31.0 Å². The smallest absolute Gasteiger partial charge is 0.223 e. The number of benzene rings is 2. The van der Waals surface area contributed by atoms with Crippen molar-refractivity contribution in [3.8, 4) is 0 Å². The molecule has 4 rings (SSSR count). The van der Waals surface area contributed by atoms with Crippen LogP contribution < -0.4 is 0 Å². The van der Waals surface area contributed by atoms with Crippen molar-refractivity contribution in [1.29, 1.82) is 0 Å². The van der Waals surface area contributed by atoms with Crippen LogP contribution in [0.25, 0.3) is 11.0 Å². The van der Waals surface area contributed by atoms with Gasteiger partial charge in [0.05, 0.1) is 17.1 Å². The number of hydrogen-bond acceptors (Lipinski definition) is 2. The van der Waals surface area contributed by atoms with Gasteiger partial charge in [0.25, 0.3) is 0 Å². The molecule has 3 aromatic rings. The average molecular weight is 361 g/mol. The SMILES string of the molecule is CCCCN1C[C@H](c2nc3ccccc3n2[C@@H](C)c2ccccc2)CC1=O. The molecular formula is C23H27N3O. The van der Waals surface area contributed by atoms with E-state index in [1.165, 1.54) is 5.56 Å². The van der Waals surface area contributed by atoms with Gasteiger partial charge in [-0.3, -0.25) is 4.79 Å². The lowest BCUT2D eigenvalue weighted by atomic mass is 10.0. The first kappa shape index (κ1) is 17.8. The number of unbranched alkanes of at least 4 members (excludes halogenated alkanes) is 1. The van der Waals surface area contributed by atoms with E-state index in [9.17, 15) is 4.79 Å². The molecule has 27 heavy (non-hydrogen) atoms.